The number of alkyl carbamates (subject to hydrolysis) is 1. The fraction of sp³-hybridized carbons (Fsp3) is 0.593. The molecule has 0 saturated heterocycles. The summed E-state index contributed by atoms with van der Waals surface area (Å²) in [4.78, 5) is 65.1. The molecule has 11 nitrogen and oxygen atoms in total. The number of hydrogen-bond donors (Lipinski definition) is 3. The molecule has 11 heteroatoms. The van der Waals surface area contributed by atoms with Gasteiger partial charge in [-0.15, -0.1) is 0 Å². The molecule has 0 spiro atoms. The van der Waals surface area contributed by atoms with Crippen LogP contribution >= 0.6 is 0 Å². The molecule has 210 valence electrons. The number of carbonyl (C=O) groups is 5. The molecule has 0 aliphatic heterocycles. The highest BCUT2D eigenvalue weighted by molar-refractivity contribution is 5.95. The Hall–Kier alpha value is -3.63. The van der Waals surface area contributed by atoms with Crippen LogP contribution in [0.5, 0.6) is 0 Å². The van der Waals surface area contributed by atoms with Gasteiger partial charge in [0.2, 0.25) is 17.7 Å². The van der Waals surface area contributed by atoms with Gasteiger partial charge in [-0.2, -0.15) is 0 Å². The molecule has 1 aliphatic rings. The number of rotatable bonds is 12. The molecule has 1 aromatic rings. The highest BCUT2D eigenvalue weighted by Gasteiger charge is 2.44. The van der Waals surface area contributed by atoms with Gasteiger partial charge in [0, 0.05) is 12.6 Å². The first-order valence-corrected chi connectivity index (χ1v) is 12.8. The summed E-state index contributed by atoms with van der Waals surface area (Å²) in [6.07, 6.45) is -0.0699. The van der Waals surface area contributed by atoms with Crippen LogP contribution in [0.15, 0.2) is 18.2 Å². The minimum atomic E-state index is -1.33. The number of nitrogens with one attached hydrogen (secondary N) is 2. The van der Waals surface area contributed by atoms with E-state index in [1.54, 1.807) is 39.8 Å². The van der Waals surface area contributed by atoms with Gasteiger partial charge in [-0.1, -0.05) is 18.2 Å². The van der Waals surface area contributed by atoms with E-state index in [9.17, 15) is 24.0 Å². The molecular weight excluding hydrogens is 492 g/mol. The first kappa shape index (κ1) is 30.6. The van der Waals surface area contributed by atoms with Crippen LogP contribution in [0.4, 0.5) is 4.79 Å². The lowest BCUT2D eigenvalue weighted by atomic mass is 9.94. The minimum absolute atomic E-state index is 0.0204. The van der Waals surface area contributed by atoms with E-state index in [4.69, 9.17) is 15.2 Å². The third-order valence-electron chi connectivity index (χ3n) is 5.99. The molecule has 1 saturated carbocycles. The molecule has 2 atom stereocenters. The van der Waals surface area contributed by atoms with Crippen LogP contribution in [0, 0.1) is 13.8 Å². The van der Waals surface area contributed by atoms with E-state index >= 15 is 0 Å². The number of esters is 1. The van der Waals surface area contributed by atoms with E-state index < -0.39 is 53.9 Å². The fourth-order valence-electron chi connectivity index (χ4n) is 4.01. The van der Waals surface area contributed by atoms with Crippen molar-refractivity contribution < 1.29 is 33.4 Å². The number of benzene rings is 1. The van der Waals surface area contributed by atoms with Gasteiger partial charge in [0.25, 0.3) is 0 Å². The lowest BCUT2D eigenvalue weighted by Gasteiger charge is -2.35. The largest absolute Gasteiger partial charge is 0.466 e. The second-order valence-electron chi connectivity index (χ2n) is 10.4. The van der Waals surface area contributed by atoms with Crippen molar-refractivity contribution in [1.82, 2.24) is 15.5 Å². The van der Waals surface area contributed by atoms with Gasteiger partial charge in [0.15, 0.2) is 0 Å². The molecule has 0 aromatic heterocycles. The summed E-state index contributed by atoms with van der Waals surface area (Å²) in [7, 11) is 0. The number of nitrogens with zero attached hydrogens (tertiary/aromatic N) is 1. The average Bonchev–Trinajstić information content (AvgIpc) is 3.62. The molecule has 2 rings (SSSR count). The molecule has 4 N–H and O–H groups in total. The molecular formula is C27H40N4O7. The van der Waals surface area contributed by atoms with Gasteiger partial charge in [-0.05, 0) is 71.1 Å². The molecule has 1 aliphatic carbocycles. The third-order valence-corrected chi connectivity index (χ3v) is 5.99. The van der Waals surface area contributed by atoms with E-state index in [0.717, 1.165) is 11.1 Å². The van der Waals surface area contributed by atoms with Crippen molar-refractivity contribution in [3.8, 4) is 0 Å². The fourth-order valence-corrected chi connectivity index (χ4v) is 4.01. The highest BCUT2D eigenvalue weighted by atomic mass is 16.6. The van der Waals surface area contributed by atoms with Crippen molar-refractivity contribution in [2.45, 2.75) is 91.0 Å². The van der Waals surface area contributed by atoms with E-state index in [1.165, 1.54) is 4.90 Å². The van der Waals surface area contributed by atoms with Crippen molar-refractivity contribution >= 4 is 29.8 Å². The molecule has 1 aromatic carbocycles. The average molecular weight is 533 g/mol. The number of aryl methyl sites for hydroxylation is 1. The molecule has 1 fully saturated rings. The second kappa shape index (κ2) is 13.3. The zero-order valence-corrected chi connectivity index (χ0v) is 23.1. The zero-order valence-electron chi connectivity index (χ0n) is 23.1. The van der Waals surface area contributed by atoms with Gasteiger partial charge < -0.3 is 30.7 Å². The molecule has 0 heterocycles. The van der Waals surface area contributed by atoms with Gasteiger partial charge in [-0.25, -0.2) is 4.79 Å². The van der Waals surface area contributed by atoms with Crippen LogP contribution in [0.25, 0.3) is 0 Å². The summed E-state index contributed by atoms with van der Waals surface area (Å²) in [5.41, 5.74) is 6.93. The van der Waals surface area contributed by atoms with Crippen molar-refractivity contribution in [2.24, 2.45) is 5.73 Å². The number of carbonyl (C=O) groups excluding carboxylic acids is 5. The maximum atomic E-state index is 13.9. The normalized spacial score (nSPS) is 14.6. The quantitative estimate of drug-likeness (QED) is 0.348. The standard InChI is InChI=1S/C27H40N4O7/c1-7-37-22(33)13-14-29-24(34)23(19-10-8-9-16(2)17(19)3)31(18-11-12-18)25(35)20(15-21(28)32)30-26(36)38-27(4,5)6/h8-10,18,20,23H,7,11-15H2,1-6H3,(H2,28,32)(H,29,34)(H,30,36). The van der Waals surface area contributed by atoms with E-state index in [-0.39, 0.29) is 25.6 Å². The Bertz CT molecular complexity index is 1050. The maximum absolute atomic E-state index is 13.9. The van der Waals surface area contributed by atoms with Gasteiger partial charge >= 0.3 is 12.1 Å². The zero-order chi connectivity index (χ0) is 28.6. The van der Waals surface area contributed by atoms with E-state index in [1.807, 2.05) is 19.9 Å². The maximum Gasteiger partial charge on any atom is 0.408 e. The lowest BCUT2D eigenvalue weighted by molar-refractivity contribution is -0.145. The summed E-state index contributed by atoms with van der Waals surface area (Å²) in [5, 5.41) is 5.21. The smallest absolute Gasteiger partial charge is 0.408 e. The summed E-state index contributed by atoms with van der Waals surface area (Å²) >= 11 is 0. The SMILES string of the molecule is CCOC(=O)CCNC(=O)C(c1cccc(C)c1C)N(C(=O)C(CC(N)=O)NC(=O)OC(C)(C)C)C1CC1. The molecule has 2 unspecified atom stereocenters. The summed E-state index contributed by atoms with van der Waals surface area (Å²) in [6, 6.07) is 2.80. The Morgan fingerprint density at radius 2 is 1.79 bits per heavy atom. The lowest BCUT2D eigenvalue weighted by Crippen LogP contribution is -2.55. The summed E-state index contributed by atoms with van der Waals surface area (Å²) < 4.78 is 10.2. The molecule has 38 heavy (non-hydrogen) atoms. The van der Waals surface area contributed by atoms with Crippen LogP contribution in [0.3, 0.4) is 0 Å². The van der Waals surface area contributed by atoms with Crippen molar-refractivity contribution in [2.75, 3.05) is 13.2 Å². The molecule has 0 radical (unpaired) electrons. The Labute approximate surface area is 223 Å². The Kier molecular flexibility index (Phi) is 10.7. The van der Waals surface area contributed by atoms with Crippen LogP contribution in [-0.4, -0.2) is 65.5 Å². The second-order valence-corrected chi connectivity index (χ2v) is 10.4. The molecule has 0 bridgehead atoms. The van der Waals surface area contributed by atoms with Crippen molar-refractivity contribution in [3.63, 3.8) is 0 Å². The van der Waals surface area contributed by atoms with Gasteiger partial charge in [-0.3, -0.25) is 19.2 Å². The topological polar surface area (TPSA) is 157 Å². The predicted molar refractivity (Wildman–Crippen MR) is 140 cm³/mol. The van der Waals surface area contributed by atoms with Gasteiger partial charge in [0.1, 0.15) is 17.7 Å². The summed E-state index contributed by atoms with van der Waals surface area (Å²) in [6.45, 7) is 10.7. The van der Waals surface area contributed by atoms with Crippen LogP contribution in [0.1, 0.15) is 76.1 Å². The number of primary amides is 1. The number of hydrogen-bond acceptors (Lipinski definition) is 7. The van der Waals surface area contributed by atoms with Crippen molar-refractivity contribution in [1.29, 1.82) is 0 Å². The van der Waals surface area contributed by atoms with Crippen LogP contribution in [0.2, 0.25) is 0 Å². The first-order chi connectivity index (χ1) is 17.7. The van der Waals surface area contributed by atoms with Crippen LogP contribution in [-0.2, 0) is 28.7 Å². The Morgan fingerprint density at radius 1 is 1.13 bits per heavy atom. The Balaban J connectivity index is 2.44. The van der Waals surface area contributed by atoms with E-state index in [0.29, 0.717) is 18.4 Å². The predicted octanol–water partition coefficient (Wildman–Crippen LogP) is 2.17. The minimum Gasteiger partial charge on any atom is -0.466 e. The Morgan fingerprint density at radius 3 is 2.34 bits per heavy atom. The summed E-state index contributed by atoms with van der Waals surface area (Å²) in [5.74, 6) is -2.35. The van der Waals surface area contributed by atoms with Gasteiger partial charge in [0.05, 0.1) is 19.4 Å². The first-order valence-electron chi connectivity index (χ1n) is 12.8. The monoisotopic (exact) mass is 532 g/mol. The number of nitrogens with two attached hydrogens (primary N) is 1. The van der Waals surface area contributed by atoms with Crippen LogP contribution < -0.4 is 16.4 Å². The highest BCUT2D eigenvalue weighted by Crippen LogP contribution is 2.37. The van der Waals surface area contributed by atoms with Crippen molar-refractivity contribution in [3.05, 3.63) is 34.9 Å². The third kappa shape index (κ3) is 9.04. The number of amides is 4. The molecule has 4 amide bonds. The number of ether oxygens (including phenoxy) is 2. The van der Waals surface area contributed by atoms with E-state index in [2.05, 4.69) is 10.6 Å².